The number of nitrogens with zero attached hydrogens (tertiary/aromatic N) is 8. The average Bonchev–Trinajstić information content (AvgIpc) is 3.26. The first-order chi connectivity index (χ1) is 12.7. The van der Waals surface area contributed by atoms with E-state index in [1.54, 1.807) is 10.9 Å². The summed E-state index contributed by atoms with van der Waals surface area (Å²) in [6, 6.07) is 5.94. The highest BCUT2D eigenvalue weighted by Gasteiger charge is 2.27. The standard InChI is InChI=1S/C17H19N9/c1-24-16-12(9-19-24)14(18)20-17(21-16)25-7-4-5-11(10-25)15-23-22-13-6-2-3-8-26(13)15/h2-3,6,8-9,11H,4-5,7,10H2,1H3,(H2,18,20,21). The number of hydrogen-bond donors (Lipinski definition) is 1. The molecule has 4 aromatic heterocycles. The van der Waals surface area contributed by atoms with E-state index in [4.69, 9.17) is 5.73 Å². The molecule has 132 valence electrons. The number of piperidine rings is 1. The van der Waals surface area contributed by atoms with Gasteiger partial charge in [0.2, 0.25) is 5.95 Å². The van der Waals surface area contributed by atoms with Crippen LogP contribution in [0.1, 0.15) is 24.6 Å². The Morgan fingerprint density at radius 2 is 2.12 bits per heavy atom. The summed E-state index contributed by atoms with van der Waals surface area (Å²) in [4.78, 5) is 11.4. The molecule has 1 saturated heterocycles. The first-order valence-electron chi connectivity index (χ1n) is 8.70. The fourth-order valence-electron chi connectivity index (χ4n) is 3.68. The molecule has 0 aromatic carbocycles. The van der Waals surface area contributed by atoms with Crippen LogP contribution in [0.2, 0.25) is 0 Å². The van der Waals surface area contributed by atoms with Crippen LogP contribution in [-0.2, 0) is 7.05 Å². The lowest BCUT2D eigenvalue weighted by molar-refractivity contribution is 0.483. The molecular formula is C17H19N9. The number of fused-ring (bicyclic) bond motifs is 2. The highest BCUT2D eigenvalue weighted by molar-refractivity contribution is 5.86. The Bertz CT molecular complexity index is 1100. The fourth-order valence-corrected chi connectivity index (χ4v) is 3.68. The Balaban J connectivity index is 1.50. The Kier molecular flexibility index (Phi) is 3.27. The summed E-state index contributed by atoms with van der Waals surface area (Å²) >= 11 is 0. The maximum absolute atomic E-state index is 6.12. The van der Waals surface area contributed by atoms with Crippen molar-refractivity contribution in [2.45, 2.75) is 18.8 Å². The van der Waals surface area contributed by atoms with Gasteiger partial charge >= 0.3 is 0 Å². The Morgan fingerprint density at radius 3 is 3.04 bits per heavy atom. The molecule has 0 spiro atoms. The van der Waals surface area contributed by atoms with Gasteiger partial charge in [-0.1, -0.05) is 6.07 Å². The van der Waals surface area contributed by atoms with Gasteiger partial charge in [0, 0.05) is 32.3 Å². The lowest BCUT2D eigenvalue weighted by Crippen LogP contribution is -2.36. The van der Waals surface area contributed by atoms with E-state index in [-0.39, 0.29) is 5.92 Å². The van der Waals surface area contributed by atoms with Crippen LogP contribution in [0.3, 0.4) is 0 Å². The first-order valence-corrected chi connectivity index (χ1v) is 8.70. The molecule has 5 heterocycles. The summed E-state index contributed by atoms with van der Waals surface area (Å²) in [6.07, 6.45) is 5.82. The van der Waals surface area contributed by atoms with Crippen molar-refractivity contribution in [3.63, 3.8) is 0 Å². The molecule has 26 heavy (non-hydrogen) atoms. The van der Waals surface area contributed by atoms with E-state index in [0.29, 0.717) is 11.8 Å². The lowest BCUT2D eigenvalue weighted by atomic mass is 9.97. The second-order valence-corrected chi connectivity index (χ2v) is 6.69. The predicted molar refractivity (Wildman–Crippen MR) is 97.9 cm³/mol. The van der Waals surface area contributed by atoms with Gasteiger partial charge in [0.15, 0.2) is 11.3 Å². The highest BCUT2D eigenvalue weighted by Crippen LogP contribution is 2.29. The molecule has 9 heteroatoms. The summed E-state index contributed by atoms with van der Waals surface area (Å²) in [5, 5.41) is 13.7. The second-order valence-electron chi connectivity index (χ2n) is 6.69. The highest BCUT2D eigenvalue weighted by atomic mass is 15.3. The number of pyridine rings is 1. The normalized spacial score (nSPS) is 18.0. The molecule has 0 bridgehead atoms. The number of nitrogens with two attached hydrogens (primary N) is 1. The van der Waals surface area contributed by atoms with Crippen molar-refractivity contribution in [3.8, 4) is 0 Å². The molecule has 0 amide bonds. The number of nitrogen functional groups attached to an aromatic ring is 1. The second kappa shape index (κ2) is 5.65. The quantitative estimate of drug-likeness (QED) is 0.583. The van der Waals surface area contributed by atoms with Crippen molar-refractivity contribution in [1.82, 2.24) is 34.3 Å². The van der Waals surface area contributed by atoms with E-state index in [9.17, 15) is 0 Å². The van der Waals surface area contributed by atoms with Crippen LogP contribution >= 0.6 is 0 Å². The van der Waals surface area contributed by atoms with E-state index in [2.05, 4.69) is 34.6 Å². The minimum absolute atomic E-state index is 0.271. The van der Waals surface area contributed by atoms with Crippen LogP contribution in [0.5, 0.6) is 0 Å². The van der Waals surface area contributed by atoms with Gasteiger partial charge in [0.25, 0.3) is 0 Å². The fraction of sp³-hybridized carbons (Fsp3) is 0.353. The van der Waals surface area contributed by atoms with Crippen LogP contribution < -0.4 is 10.6 Å². The third kappa shape index (κ3) is 2.27. The molecular weight excluding hydrogens is 330 g/mol. The Morgan fingerprint density at radius 1 is 1.19 bits per heavy atom. The first kappa shape index (κ1) is 15.1. The third-order valence-corrected chi connectivity index (χ3v) is 5.02. The van der Waals surface area contributed by atoms with Gasteiger partial charge in [0.05, 0.1) is 11.6 Å². The van der Waals surface area contributed by atoms with Crippen molar-refractivity contribution in [2.75, 3.05) is 23.7 Å². The number of aryl methyl sites for hydroxylation is 1. The zero-order chi connectivity index (χ0) is 17.7. The predicted octanol–water partition coefficient (Wildman–Crippen LogP) is 1.37. The number of anilines is 2. The zero-order valence-corrected chi connectivity index (χ0v) is 14.4. The van der Waals surface area contributed by atoms with Crippen molar-refractivity contribution in [2.24, 2.45) is 7.05 Å². The number of hydrogen-bond acceptors (Lipinski definition) is 7. The third-order valence-electron chi connectivity index (χ3n) is 5.02. The molecule has 1 atom stereocenters. The SMILES string of the molecule is Cn1ncc2c(N)nc(N3CCCC(c4nnc5ccccn45)C3)nc21. The molecule has 9 nitrogen and oxygen atoms in total. The topological polar surface area (TPSA) is 103 Å². The maximum atomic E-state index is 6.12. The minimum atomic E-state index is 0.271. The Hall–Kier alpha value is -3.23. The summed E-state index contributed by atoms with van der Waals surface area (Å²) in [7, 11) is 1.86. The molecule has 1 fully saturated rings. The maximum Gasteiger partial charge on any atom is 0.229 e. The molecule has 0 radical (unpaired) electrons. The van der Waals surface area contributed by atoms with Crippen molar-refractivity contribution >= 4 is 28.4 Å². The van der Waals surface area contributed by atoms with E-state index in [1.165, 1.54) is 0 Å². The average molecular weight is 349 g/mol. The van der Waals surface area contributed by atoms with Gasteiger partial charge in [-0.25, -0.2) is 0 Å². The van der Waals surface area contributed by atoms with Gasteiger partial charge in [-0.3, -0.25) is 9.08 Å². The number of rotatable bonds is 2. The van der Waals surface area contributed by atoms with Crippen LogP contribution in [0.25, 0.3) is 16.7 Å². The molecule has 2 N–H and O–H groups in total. The monoisotopic (exact) mass is 349 g/mol. The van der Waals surface area contributed by atoms with Crippen LogP contribution in [0.15, 0.2) is 30.6 Å². The zero-order valence-electron chi connectivity index (χ0n) is 14.4. The van der Waals surface area contributed by atoms with E-state index in [1.807, 2.05) is 31.4 Å². The molecule has 0 saturated carbocycles. The smallest absolute Gasteiger partial charge is 0.229 e. The summed E-state index contributed by atoms with van der Waals surface area (Å²) in [6.45, 7) is 1.69. The van der Waals surface area contributed by atoms with E-state index in [0.717, 1.165) is 48.4 Å². The number of aromatic nitrogens is 7. The van der Waals surface area contributed by atoms with Gasteiger partial charge in [-0.2, -0.15) is 15.1 Å². The van der Waals surface area contributed by atoms with Gasteiger partial charge < -0.3 is 10.6 Å². The molecule has 1 aliphatic rings. The van der Waals surface area contributed by atoms with Crippen molar-refractivity contribution in [1.29, 1.82) is 0 Å². The summed E-state index contributed by atoms with van der Waals surface area (Å²) in [5.74, 6) is 2.37. The van der Waals surface area contributed by atoms with Crippen LogP contribution in [-0.4, -0.2) is 47.4 Å². The van der Waals surface area contributed by atoms with Gasteiger partial charge in [-0.15, -0.1) is 10.2 Å². The van der Waals surface area contributed by atoms with Crippen molar-refractivity contribution < 1.29 is 0 Å². The van der Waals surface area contributed by atoms with Crippen LogP contribution in [0, 0.1) is 0 Å². The summed E-state index contributed by atoms with van der Waals surface area (Å²) < 4.78 is 3.79. The van der Waals surface area contributed by atoms with E-state index < -0.39 is 0 Å². The molecule has 0 aliphatic carbocycles. The molecule has 4 aromatic rings. The molecule has 1 aliphatic heterocycles. The van der Waals surface area contributed by atoms with Crippen LogP contribution in [0.4, 0.5) is 11.8 Å². The van der Waals surface area contributed by atoms with Gasteiger partial charge in [0.1, 0.15) is 11.6 Å². The lowest BCUT2D eigenvalue weighted by Gasteiger charge is -2.32. The molecule has 1 unspecified atom stereocenters. The van der Waals surface area contributed by atoms with Gasteiger partial charge in [-0.05, 0) is 25.0 Å². The molecule has 5 rings (SSSR count). The summed E-state index contributed by atoms with van der Waals surface area (Å²) in [5.41, 5.74) is 7.75. The Labute approximate surface area is 149 Å². The van der Waals surface area contributed by atoms with Crippen molar-refractivity contribution in [3.05, 3.63) is 36.4 Å². The largest absolute Gasteiger partial charge is 0.383 e. The minimum Gasteiger partial charge on any atom is -0.383 e. The van der Waals surface area contributed by atoms with E-state index >= 15 is 0 Å².